The largest absolute Gasteiger partial charge is 0.478 e. The predicted molar refractivity (Wildman–Crippen MR) is 119 cm³/mol. The number of aromatic carboxylic acids is 1. The van der Waals surface area contributed by atoms with Crippen LogP contribution in [0.4, 0.5) is 28.4 Å². The van der Waals surface area contributed by atoms with Crippen LogP contribution in [0.15, 0.2) is 93.3 Å². The minimum atomic E-state index is -0.968. The maximum absolute atomic E-state index is 10.9. The van der Waals surface area contributed by atoms with E-state index >= 15 is 0 Å². The van der Waals surface area contributed by atoms with Gasteiger partial charge in [-0.3, -0.25) is 0 Å². The van der Waals surface area contributed by atoms with E-state index in [-0.39, 0.29) is 5.56 Å². The van der Waals surface area contributed by atoms with Gasteiger partial charge < -0.3 is 10.0 Å². The standard InChI is InChI=1S/C22H19N5O2S/c28-22(29)16-1-3-17(4-2-16)23-24-18-5-7-19(8-6-18)25-26-20-9-11-21(12-10-20)27-13-14-30-15-27/h1-12H,13-15H2,(H,28,29). The highest BCUT2D eigenvalue weighted by molar-refractivity contribution is 7.99. The lowest BCUT2D eigenvalue weighted by molar-refractivity contribution is 0.0697. The van der Waals surface area contributed by atoms with Crippen molar-refractivity contribution in [3.63, 3.8) is 0 Å². The molecule has 30 heavy (non-hydrogen) atoms. The van der Waals surface area contributed by atoms with Gasteiger partial charge in [-0.05, 0) is 72.8 Å². The summed E-state index contributed by atoms with van der Waals surface area (Å²) in [5, 5.41) is 25.7. The second-order valence-electron chi connectivity index (χ2n) is 6.59. The van der Waals surface area contributed by atoms with E-state index in [0.29, 0.717) is 11.4 Å². The number of hydrogen-bond donors (Lipinski definition) is 1. The third-order valence-corrected chi connectivity index (χ3v) is 5.46. The molecule has 8 heteroatoms. The number of carbonyl (C=O) groups is 1. The van der Waals surface area contributed by atoms with E-state index in [4.69, 9.17) is 5.11 Å². The molecule has 0 bridgehead atoms. The monoisotopic (exact) mass is 417 g/mol. The fraction of sp³-hybridized carbons (Fsp3) is 0.136. The topological polar surface area (TPSA) is 90.0 Å². The lowest BCUT2D eigenvalue weighted by Crippen LogP contribution is -2.17. The van der Waals surface area contributed by atoms with Gasteiger partial charge in [0.1, 0.15) is 0 Å². The molecule has 150 valence electrons. The molecule has 4 rings (SSSR count). The van der Waals surface area contributed by atoms with Crippen LogP contribution < -0.4 is 4.90 Å². The van der Waals surface area contributed by atoms with Crippen molar-refractivity contribution in [1.29, 1.82) is 0 Å². The normalized spacial score (nSPS) is 14.1. The van der Waals surface area contributed by atoms with E-state index in [1.54, 1.807) is 24.3 Å². The van der Waals surface area contributed by atoms with Crippen molar-refractivity contribution in [2.45, 2.75) is 0 Å². The molecule has 3 aromatic carbocycles. The third kappa shape index (κ3) is 5.09. The van der Waals surface area contributed by atoms with Crippen molar-refractivity contribution >= 4 is 46.2 Å². The lowest BCUT2D eigenvalue weighted by atomic mass is 10.2. The molecule has 0 saturated carbocycles. The maximum Gasteiger partial charge on any atom is 0.335 e. The summed E-state index contributed by atoms with van der Waals surface area (Å²) in [6.45, 7) is 1.09. The quantitative estimate of drug-likeness (QED) is 0.450. The summed E-state index contributed by atoms with van der Waals surface area (Å²) >= 11 is 1.94. The van der Waals surface area contributed by atoms with Crippen molar-refractivity contribution < 1.29 is 9.90 Å². The highest BCUT2D eigenvalue weighted by Crippen LogP contribution is 2.27. The van der Waals surface area contributed by atoms with Gasteiger partial charge >= 0.3 is 5.97 Å². The summed E-state index contributed by atoms with van der Waals surface area (Å²) in [5.74, 6) is 1.25. The first-order valence-electron chi connectivity index (χ1n) is 9.37. The Bertz CT molecular complexity index is 1060. The van der Waals surface area contributed by atoms with Gasteiger partial charge in [-0.15, -0.1) is 11.8 Å². The molecule has 1 aliphatic heterocycles. The van der Waals surface area contributed by atoms with E-state index in [0.717, 1.165) is 23.8 Å². The molecule has 1 aliphatic rings. The average Bonchev–Trinajstić information content (AvgIpc) is 3.33. The van der Waals surface area contributed by atoms with Crippen LogP contribution in [0.5, 0.6) is 0 Å². The molecule has 0 aromatic heterocycles. The smallest absolute Gasteiger partial charge is 0.335 e. The van der Waals surface area contributed by atoms with Gasteiger partial charge in [0, 0.05) is 18.0 Å². The van der Waals surface area contributed by atoms with E-state index in [1.165, 1.54) is 23.6 Å². The zero-order valence-corrected chi connectivity index (χ0v) is 16.9. The van der Waals surface area contributed by atoms with Crippen molar-refractivity contribution in [3.05, 3.63) is 78.4 Å². The first-order valence-corrected chi connectivity index (χ1v) is 10.5. The van der Waals surface area contributed by atoms with Crippen LogP contribution in [-0.4, -0.2) is 29.3 Å². The summed E-state index contributed by atoms with van der Waals surface area (Å²) in [7, 11) is 0. The minimum absolute atomic E-state index is 0.216. The van der Waals surface area contributed by atoms with Crippen LogP contribution in [0.1, 0.15) is 10.4 Å². The number of thioether (sulfide) groups is 1. The number of carboxylic acids is 1. The molecule has 1 saturated heterocycles. The van der Waals surface area contributed by atoms with Gasteiger partial charge in [0.05, 0.1) is 34.2 Å². The number of anilines is 1. The molecule has 0 atom stereocenters. The Balaban J connectivity index is 1.36. The maximum atomic E-state index is 10.9. The van der Waals surface area contributed by atoms with Crippen molar-refractivity contribution in [3.8, 4) is 0 Å². The van der Waals surface area contributed by atoms with Gasteiger partial charge in [-0.2, -0.15) is 20.5 Å². The number of nitrogens with zero attached hydrogens (tertiary/aromatic N) is 5. The number of carboxylic acid groups (broad SMARTS) is 1. The molecule has 0 unspecified atom stereocenters. The molecule has 0 spiro atoms. The summed E-state index contributed by atoms with van der Waals surface area (Å²) < 4.78 is 0. The molecule has 0 aliphatic carbocycles. The average molecular weight is 417 g/mol. The number of benzene rings is 3. The van der Waals surface area contributed by atoms with Gasteiger partial charge in [-0.1, -0.05) is 0 Å². The van der Waals surface area contributed by atoms with Crippen LogP contribution in [-0.2, 0) is 0 Å². The van der Waals surface area contributed by atoms with Crippen LogP contribution in [0, 0.1) is 0 Å². The van der Waals surface area contributed by atoms with E-state index in [1.807, 2.05) is 36.0 Å². The molecule has 1 N–H and O–H groups in total. The molecule has 3 aromatic rings. The number of hydrogen-bond acceptors (Lipinski definition) is 7. The highest BCUT2D eigenvalue weighted by Gasteiger charge is 2.12. The minimum Gasteiger partial charge on any atom is -0.478 e. The van der Waals surface area contributed by atoms with Gasteiger partial charge in [0.15, 0.2) is 0 Å². The number of azo groups is 2. The second kappa shape index (κ2) is 9.32. The SMILES string of the molecule is O=C(O)c1ccc(N=Nc2ccc(N=Nc3ccc(N4CCSC4)cc3)cc2)cc1. The number of rotatable bonds is 6. The predicted octanol–water partition coefficient (Wildman–Crippen LogP) is 6.73. The fourth-order valence-electron chi connectivity index (χ4n) is 2.84. The molecule has 1 fully saturated rings. The molecular formula is C22H19N5O2S. The van der Waals surface area contributed by atoms with Crippen molar-refractivity contribution in [2.24, 2.45) is 20.5 Å². The van der Waals surface area contributed by atoms with Crippen LogP contribution in [0.2, 0.25) is 0 Å². The van der Waals surface area contributed by atoms with Gasteiger partial charge in [-0.25, -0.2) is 4.79 Å². The third-order valence-electron chi connectivity index (χ3n) is 4.49. The van der Waals surface area contributed by atoms with E-state index in [9.17, 15) is 4.79 Å². The molecule has 0 radical (unpaired) electrons. The zero-order chi connectivity index (χ0) is 20.8. The fourth-order valence-corrected chi connectivity index (χ4v) is 3.81. The highest BCUT2D eigenvalue weighted by atomic mass is 32.2. The summed E-state index contributed by atoms with van der Waals surface area (Å²) in [4.78, 5) is 13.2. The first kappa shape index (κ1) is 19.8. The Hall–Kier alpha value is -3.52. The summed E-state index contributed by atoms with van der Waals surface area (Å²) in [6, 6.07) is 21.6. The zero-order valence-electron chi connectivity index (χ0n) is 16.0. The Morgan fingerprint density at radius 3 is 1.57 bits per heavy atom. The Morgan fingerprint density at radius 1 is 0.733 bits per heavy atom. The first-order chi connectivity index (χ1) is 14.7. The van der Waals surface area contributed by atoms with Gasteiger partial charge in [0.2, 0.25) is 0 Å². The molecule has 0 amide bonds. The Morgan fingerprint density at radius 2 is 1.17 bits per heavy atom. The van der Waals surface area contributed by atoms with Crippen molar-refractivity contribution in [1.82, 2.24) is 0 Å². The Kier molecular flexibility index (Phi) is 6.14. The van der Waals surface area contributed by atoms with Crippen LogP contribution in [0.25, 0.3) is 0 Å². The Labute approximate surface area is 178 Å². The van der Waals surface area contributed by atoms with Crippen LogP contribution in [0.3, 0.4) is 0 Å². The van der Waals surface area contributed by atoms with E-state index < -0.39 is 5.97 Å². The van der Waals surface area contributed by atoms with Crippen LogP contribution >= 0.6 is 11.8 Å². The lowest BCUT2D eigenvalue weighted by Gasteiger charge is -2.16. The summed E-state index contributed by atoms with van der Waals surface area (Å²) in [6.07, 6.45) is 0. The molecular weight excluding hydrogens is 398 g/mol. The second-order valence-corrected chi connectivity index (χ2v) is 7.66. The molecule has 7 nitrogen and oxygen atoms in total. The van der Waals surface area contributed by atoms with E-state index in [2.05, 4.69) is 37.5 Å². The molecule has 1 heterocycles. The summed E-state index contributed by atoms with van der Waals surface area (Å²) in [5.41, 5.74) is 4.21. The van der Waals surface area contributed by atoms with Gasteiger partial charge in [0.25, 0.3) is 0 Å². The van der Waals surface area contributed by atoms with Crippen molar-refractivity contribution in [2.75, 3.05) is 23.1 Å².